The zero-order chi connectivity index (χ0) is 20.2. The van der Waals surface area contributed by atoms with Crippen LogP contribution < -0.4 is 10.3 Å². The van der Waals surface area contributed by atoms with Crippen LogP contribution in [0.5, 0.6) is 0 Å². The second-order valence-corrected chi connectivity index (χ2v) is 7.59. The number of hydrogen-bond donors (Lipinski definition) is 1. The van der Waals surface area contributed by atoms with Crippen molar-refractivity contribution < 1.29 is 13.5 Å². The van der Waals surface area contributed by atoms with Crippen molar-refractivity contribution >= 4 is 40.0 Å². The summed E-state index contributed by atoms with van der Waals surface area (Å²) in [4.78, 5) is 4.14. The maximum Gasteiger partial charge on any atom is 0.333 e. The summed E-state index contributed by atoms with van der Waals surface area (Å²) in [6.07, 6.45) is 3.24. The summed E-state index contributed by atoms with van der Waals surface area (Å²) in [7, 11) is 0. The number of rotatable bonds is 6. The molecule has 4 rings (SSSR count). The molecular weight excluding hydrogens is 490 g/mol. The van der Waals surface area contributed by atoms with Crippen molar-refractivity contribution in [1.29, 1.82) is 0 Å². The molecule has 0 radical (unpaired) electrons. The molecule has 2 aromatic heterocycles. The molecule has 0 bridgehead atoms. The normalized spacial score (nSPS) is 14.7. The Bertz CT molecular complexity index is 979. The fraction of sp³-hybridized carbons (Fsp3) is 0.316. The number of anilines is 3. The summed E-state index contributed by atoms with van der Waals surface area (Å²) in [5, 5.41) is 15.6. The van der Waals surface area contributed by atoms with Crippen LogP contribution in [0, 0.1) is 9.39 Å². The van der Waals surface area contributed by atoms with Gasteiger partial charge in [0, 0.05) is 29.4 Å². The zero-order valence-corrected chi connectivity index (χ0v) is 18.0. The fourth-order valence-electron chi connectivity index (χ4n) is 3.10. The molecule has 0 amide bonds. The molecule has 1 aliphatic rings. The van der Waals surface area contributed by atoms with E-state index in [9.17, 15) is 4.39 Å². The highest BCUT2D eigenvalue weighted by atomic mass is 127. The van der Waals surface area contributed by atoms with Gasteiger partial charge in [0.2, 0.25) is 0 Å². The Balaban J connectivity index is 1.61. The van der Waals surface area contributed by atoms with Crippen molar-refractivity contribution in [3.8, 4) is 11.5 Å². The molecule has 1 aliphatic heterocycles. The van der Waals surface area contributed by atoms with Crippen molar-refractivity contribution in [3.05, 3.63) is 46.0 Å². The van der Waals surface area contributed by atoms with E-state index in [0.29, 0.717) is 48.6 Å². The maximum atomic E-state index is 14.3. The van der Waals surface area contributed by atoms with Gasteiger partial charge >= 0.3 is 6.01 Å². The summed E-state index contributed by atoms with van der Waals surface area (Å²) < 4.78 is 26.5. The molecule has 0 unspecified atom stereocenters. The van der Waals surface area contributed by atoms with Gasteiger partial charge in [-0.05, 0) is 53.8 Å². The number of pyridine rings is 1. The zero-order valence-electron chi connectivity index (χ0n) is 15.8. The number of hydrogen-bond acceptors (Lipinski definition) is 8. The Morgan fingerprint density at radius 3 is 2.79 bits per heavy atom. The minimum Gasteiger partial charge on any atom is -0.402 e. The van der Waals surface area contributed by atoms with Gasteiger partial charge in [-0.2, -0.15) is 0 Å². The number of benzene rings is 1. The quantitative estimate of drug-likeness (QED) is 0.504. The van der Waals surface area contributed by atoms with E-state index in [0.717, 1.165) is 16.7 Å². The van der Waals surface area contributed by atoms with E-state index >= 15 is 0 Å². The van der Waals surface area contributed by atoms with Gasteiger partial charge in [-0.25, -0.2) is 9.40 Å². The Morgan fingerprint density at radius 2 is 2.03 bits per heavy atom. The molecule has 1 N–H and O–H groups in total. The molecule has 1 aromatic carbocycles. The molecule has 0 aliphatic carbocycles. The minimum atomic E-state index is -0.345. The number of morpholine rings is 1. The molecule has 1 fully saturated rings. The number of nitrogens with zero attached hydrogens (tertiary/aromatic N) is 5. The van der Waals surface area contributed by atoms with Gasteiger partial charge < -0.3 is 14.5 Å². The van der Waals surface area contributed by atoms with E-state index in [4.69, 9.17) is 9.15 Å². The smallest absolute Gasteiger partial charge is 0.333 e. The first-order valence-electron chi connectivity index (χ1n) is 9.26. The summed E-state index contributed by atoms with van der Waals surface area (Å²) in [5.41, 5.74) is 1.58. The lowest BCUT2D eigenvalue weighted by Crippen LogP contribution is -2.49. The molecular formula is C19H20FIN6O2. The average molecular weight is 510 g/mol. The molecule has 152 valence electrons. The molecule has 1 saturated heterocycles. The Labute approximate surface area is 181 Å². The van der Waals surface area contributed by atoms with Crippen LogP contribution in [0.25, 0.3) is 11.5 Å². The molecule has 29 heavy (non-hydrogen) atoms. The summed E-state index contributed by atoms with van der Waals surface area (Å²) in [5.74, 6) is -0.00933. The van der Waals surface area contributed by atoms with Gasteiger partial charge in [-0.1, -0.05) is 5.10 Å². The van der Waals surface area contributed by atoms with Crippen molar-refractivity contribution in [2.75, 3.05) is 43.2 Å². The molecule has 0 spiro atoms. The summed E-state index contributed by atoms with van der Waals surface area (Å²) in [6, 6.07) is 7.15. The van der Waals surface area contributed by atoms with Crippen LogP contribution in [0.15, 0.2) is 41.1 Å². The lowest BCUT2D eigenvalue weighted by Gasteiger charge is -2.35. The highest BCUT2D eigenvalue weighted by Crippen LogP contribution is 2.31. The number of aromatic nitrogens is 3. The van der Waals surface area contributed by atoms with Crippen LogP contribution in [0.4, 0.5) is 21.8 Å². The van der Waals surface area contributed by atoms with Gasteiger partial charge in [0.15, 0.2) is 0 Å². The Kier molecular flexibility index (Phi) is 6.21. The average Bonchev–Trinajstić information content (AvgIpc) is 3.21. The second kappa shape index (κ2) is 9.01. The Morgan fingerprint density at radius 1 is 1.21 bits per heavy atom. The highest BCUT2D eigenvalue weighted by Gasteiger charge is 2.23. The highest BCUT2D eigenvalue weighted by molar-refractivity contribution is 14.1. The van der Waals surface area contributed by atoms with Gasteiger partial charge in [0.1, 0.15) is 5.82 Å². The second-order valence-electron chi connectivity index (χ2n) is 6.34. The van der Waals surface area contributed by atoms with Crippen LogP contribution >= 0.6 is 22.6 Å². The fourth-order valence-corrected chi connectivity index (χ4v) is 3.55. The van der Waals surface area contributed by atoms with Crippen LogP contribution in [0.3, 0.4) is 0 Å². The molecule has 3 heterocycles. The molecule has 8 nitrogen and oxygen atoms in total. The van der Waals surface area contributed by atoms with Crippen LogP contribution in [0.2, 0.25) is 0 Å². The monoisotopic (exact) mass is 510 g/mol. The van der Waals surface area contributed by atoms with E-state index in [1.165, 1.54) is 6.07 Å². The lowest BCUT2D eigenvalue weighted by molar-refractivity contribution is 0.0297. The summed E-state index contributed by atoms with van der Waals surface area (Å²) in [6.45, 7) is 5.57. The van der Waals surface area contributed by atoms with Crippen LogP contribution in [-0.2, 0) is 4.74 Å². The standard InChI is InChI=1S/C19H20FIN6O2/c1-2-27(26-7-9-28-10-8-26)19-25-24-18(29-19)14-5-6-22-12-17(14)23-16-4-3-13(21)11-15(16)20/h3-6,11-12,23H,2,7-10H2,1H3. The van der Waals surface area contributed by atoms with Crippen molar-refractivity contribution in [2.24, 2.45) is 0 Å². The van der Waals surface area contributed by atoms with E-state index in [1.54, 1.807) is 24.5 Å². The lowest BCUT2D eigenvalue weighted by atomic mass is 10.2. The SMILES string of the molecule is CCN(c1nnc(-c2ccncc2Nc2ccc(I)cc2F)o1)N1CCOCC1. The summed E-state index contributed by atoms with van der Waals surface area (Å²) >= 11 is 2.07. The largest absolute Gasteiger partial charge is 0.402 e. The minimum absolute atomic E-state index is 0.336. The van der Waals surface area contributed by atoms with E-state index in [-0.39, 0.29) is 5.82 Å². The van der Waals surface area contributed by atoms with E-state index < -0.39 is 0 Å². The van der Waals surface area contributed by atoms with Crippen molar-refractivity contribution in [2.45, 2.75) is 6.92 Å². The third-order valence-corrected chi connectivity index (χ3v) is 5.19. The van der Waals surface area contributed by atoms with Crippen molar-refractivity contribution in [1.82, 2.24) is 20.2 Å². The first-order chi connectivity index (χ1) is 14.2. The number of nitrogens with one attached hydrogen (secondary N) is 1. The van der Waals surface area contributed by atoms with E-state index in [2.05, 4.69) is 48.1 Å². The van der Waals surface area contributed by atoms with Gasteiger partial charge in [-0.15, -0.1) is 5.10 Å². The third kappa shape index (κ3) is 4.49. The predicted octanol–water partition coefficient (Wildman–Crippen LogP) is 3.69. The van der Waals surface area contributed by atoms with E-state index in [1.807, 2.05) is 18.0 Å². The number of halogens is 2. The van der Waals surface area contributed by atoms with Crippen LogP contribution in [-0.4, -0.2) is 53.0 Å². The molecule has 0 saturated carbocycles. The topological polar surface area (TPSA) is 79.6 Å². The number of hydrazine groups is 1. The first kappa shape index (κ1) is 20.0. The first-order valence-corrected chi connectivity index (χ1v) is 10.3. The Hall–Kier alpha value is -2.31. The maximum absolute atomic E-state index is 14.3. The van der Waals surface area contributed by atoms with Gasteiger partial charge in [-0.3, -0.25) is 9.99 Å². The molecule has 0 atom stereocenters. The molecule has 3 aromatic rings. The predicted molar refractivity (Wildman–Crippen MR) is 115 cm³/mol. The third-order valence-electron chi connectivity index (χ3n) is 4.52. The van der Waals surface area contributed by atoms with Crippen molar-refractivity contribution in [3.63, 3.8) is 0 Å². The molecule has 10 heteroatoms. The van der Waals surface area contributed by atoms with Crippen LogP contribution in [0.1, 0.15) is 6.92 Å². The van der Waals surface area contributed by atoms with Gasteiger partial charge in [0.25, 0.3) is 5.89 Å². The van der Waals surface area contributed by atoms with Gasteiger partial charge in [0.05, 0.1) is 36.3 Å². The number of ether oxygens (including phenoxy) is 1.